The molecule has 5 nitrogen and oxygen atoms in total. The molecule has 1 aliphatic heterocycles. The maximum Gasteiger partial charge on any atom is 0.248 e. The molecule has 1 amide bonds. The highest BCUT2D eigenvalue weighted by atomic mass is 32.2. The first kappa shape index (κ1) is 20.3. The Labute approximate surface area is 167 Å². The summed E-state index contributed by atoms with van der Waals surface area (Å²) in [6, 6.07) is 14.4. The molecule has 0 bridgehead atoms. The summed E-state index contributed by atoms with van der Waals surface area (Å²) in [5, 5.41) is 2.74. The van der Waals surface area contributed by atoms with E-state index in [9.17, 15) is 13.2 Å². The lowest BCUT2D eigenvalue weighted by Crippen LogP contribution is -2.35. The summed E-state index contributed by atoms with van der Waals surface area (Å²) in [4.78, 5) is 12.4. The summed E-state index contributed by atoms with van der Waals surface area (Å²) in [7, 11) is -3.52. The number of rotatable bonds is 6. The number of benzene rings is 2. The molecule has 1 N–H and O–H groups in total. The second-order valence-corrected chi connectivity index (χ2v) is 8.85. The standard InChI is InChI=1S/C22H26N2O3S/c1-2-18-9-11-19(12-10-18)13-14-22(25)23-20-7-6-8-21(17-20)28(26,27)24-15-4-3-5-16-24/h6-14,17H,2-5,15-16H2,1H3,(H,23,25)/b14-13+. The second kappa shape index (κ2) is 9.17. The van der Waals surface area contributed by atoms with Crippen LogP contribution in [0.25, 0.3) is 6.08 Å². The Morgan fingerprint density at radius 2 is 1.79 bits per heavy atom. The van der Waals surface area contributed by atoms with E-state index in [1.165, 1.54) is 22.0 Å². The van der Waals surface area contributed by atoms with Crippen LogP contribution in [0.15, 0.2) is 59.5 Å². The molecule has 0 saturated carbocycles. The van der Waals surface area contributed by atoms with Crippen LogP contribution in [0.3, 0.4) is 0 Å². The van der Waals surface area contributed by atoms with Gasteiger partial charge in [-0.25, -0.2) is 8.42 Å². The van der Waals surface area contributed by atoms with Crippen molar-refractivity contribution in [3.8, 4) is 0 Å². The van der Waals surface area contributed by atoms with Crippen molar-refractivity contribution in [1.82, 2.24) is 4.31 Å². The lowest BCUT2D eigenvalue weighted by atomic mass is 10.1. The van der Waals surface area contributed by atoms with Gasteiger partial charge >= 0.3 is 0 Å². The molecule has 0 unspecified atom stereocenters. The van der Waals surface area contributed by atoms with Crippen LogP contribution in [-0.4, -0.2) is 31.7 Å². The molecular formula is C22H26N2O3S. The number of carbonyl (C=O) groups is 1. The van der Waals surface area contributed by atoms with Gasteiger partial charge < -0.3 is 5.32 Å². The zero-order valence-corrected chi connectivity index (χ0v) is 16.9. The van der Waals surface area contributed by atoms with Crippen molar-refractivity contribution in [1.29, 1.82) is 0 Å². The largest absolute Gasteiger partial charge is 0.322 e. The molecule has 3 rings (SSSR count). The highest BCUT2D eigenvalue weighted by Crippen LogP contribution is 2.23. The molecule has 1 saturated heterocycles. The molecule has 2 aromatic rings. The molecule has 28 heavy (non-hydrogen) atoms. The Hall–Kier alpha value is -2.44. The van der Waals surface area contributed by atoms with Gasteiger partial charge in [0.1, 0.15) is 0 Å². The van der Waals surface area contributed by atoms with Gasteiger partial charge in [-0.05, 0) is 54.7 Å². The Morgan fingerprint density at radius 3 is 2.46 bits per heavy atom. The lowest BCUT2D eigenvalue weighted by Gasteiger charge is -2.26. The van der Waals surface area contributed by atoms with Crippen molar-refractivity contribution in [3.05, 3.63) is 65.7 Å². The molecule has 0 atom stereocenters. The summed E-state index contributed by atoms with van der Waals surface area (Å²) in [6.45, 7) is 3.20. The van der Waals surface area contributed by atoms with Gasteiger partial charge in [0, 0.05) is 24.9 Å². The topological polar surface area (TPSA) is 66.5 Å². The van der Waals surface area contributed by atoms with E-state index in [-0.39, 0.29) is 10.8 Å². The molecule has 0 radical (unpaired) electrons. The number of sulfonamides is 1. The van der Waals surface area contributed by atoms with Crippen LogP contribution in [0.2, 0.25) is 0 Å². The number of carbonyl (C=O) groups excluding carboxylic acids is 1. The first-order valence-electron chi connectivity index (χ1n) is 9.67. The van der Waals surface area contributed by atoms with Crippen molar-refractivity contribution >= 4 is 27.7 Å². The van der Waals surface area contributed by atoms with Crippen molar-refractivity contribution in [2.24, 2.45) is 0 Å². The minimum atomic E-state index is -3.52. The SMILES string of the molecule is CCc1ccc(/C=C/C(=O)Nc2cccc(S(=O)(=O)N3CCCCC3)c2)cc1. The summed E-state index contributed by atoms with van der Waals surface area (Å²) in [5.41, 5.74) is 2.65. The second-order valence-electron chi connectivity index (χ2n) is 6.91. The number of hydrogen-bond donors (Lipinski definition) is 1. The van der Waals surface area contributed by atoms with Gasteiger partial charge in [0.15, 0.2) is 0 Å². The molecular weight excluding hydrogens is 372 g/mol. The molecule has 0 aliphatic carbocycles. The highest BCUT2D eigenvalue weighted by Gasteiger charge is 2.26. The molecule has 148 valence electrons. The number of hydrogen-bond acceptors (Lipinski definition) is 3. The van der Waals surface area contributed by atoms with E-state index in [4.69, 9.17) is 0 Å². The fourth-order valence-corrected chi connectivity index (χ4v) is 4.77. The molecule has 6 heteroatoms. The number of nitrogens with one attached hydrogen (secondary N) is 1. The third kappa shape index (κ3) is 5.09. The van der Waals surface area contributed by atoms with Gasteiger partial charge in [0.2, 0.25) is 15.9 Å². The number of anilines is 1. The number of nitrogens with zero attached hydrogens (tertiary/aromatic N) is 1. The highest BCUT2D eigenvalue weighted by molar-refractivity contribution is 7.89. The summed E-state index contributed by atoms with van der Waals surface area (Å²) in [5.74, 6) is -0.299. The van der Waals surface area contributed by atoms with E-state index >= 15 is 0 Å². The van der Waals surface area contributed by atoms with Gasteiger partial charge in [0.05, 0.1) is 4.90 Å². The van der Waals surface area contributed by atoms with Gasteiger partial charge in [-0.15, -0.1) is 0 Å². The first-order chi connectivity index (χ1) is 13.5. The van der Waals surface area contributed by atoms with Crippen molar-refractivity contribution in [2.75, 3.05) is 18.4 Å². The van der Waals surface area contributed by atoms with Crippen molar-refractivity contribution < 1.29 is 13.2 Å². The van der Waals surface area contributed by atoms with Crippen LogP contribution in [0.4, 0.5) is 5.69 Å². The van der Waals surface area contributed by atoms with Crippen molar-refractivity contribution in [3.63, 3.8) is 0 Å². The lowest BCUT2D eigenvalue weighted by molar-refractivity contribution is -0.111. The van der Waals surface area contributed by atoms with Gasteiger partial charge in [-0.2, -0.15) is 4.31 Å². The fraction of sp³-hybridized carbons (Fsp3) is 0.318. The molecule has 2 aromatic carbocycles. The van der Waals surface area contributed by atoms with E-state index in [1.807, 2.05) is 24.3 Å². The first-order valence-corrected chi connectivity index (χ1v) is 11.1. The molecule has 0 spiro atoms. The van der Waals surface area contributed by atoms with Crippen molar-refractivity contribution in [2.45, 2.75) is 37.5 Å². The van der Waals surface area contributed by atoms with Crippen LogP contribution in [0.5, 0.6) is 0 Å². The Bertz CT molecular complexity index is 944. The van der Waals surface area contributed by atoms with Gasteiger partial charge in [-0.1, -0.05) is 43.7 Å². The van der Waals surface area contributed by atoms with E-state index in [2.05, 4.69) is 12.2 Å². The quantitative estimate of drug-likeness (QED) is 0.746. The molecule has 1 fully saturated rings. The third-order valence-corrected chi connectivity index (χ3v) is 6.76. The number of amides is 1. The smallest absolute Gasteiger partial charge is 0.248 e. The predicted molar refractivity (Wildman–Crippen MR) is 113 cm³/mol. The van der Waals surface area contributed by atoms with E-state index in [1.54, 1.807) is 24.3 Å². The summed E-state index contributed by atoms with van der Waals surface area (Å²) >= 11 is 0. The Balaban J connectivity index is 1.68. The van der Waals surface area contributed by atoms with Gasteiger partial charge in [0.25, 0.3) is 0 Å². The van der Waals surface area contributed by atoms with Crippen LogP contribution in [-0.2, 0) is 21.2 Å². The average Bonchev–Trinajstić information content (AvgIpc) is 2.73. The van der Waals surface area contributed by atoms with Crippen LogP contribution < -0.4 is 5.32 Å². The zero-order valence-electron chi connectivity index (χ0n) is 16.1. The maximum atomic E-state index is 12.8. The van der Waals surface area contributed by atoms with E-state index < -0.39 is 10.0 Å². The fourth-order valence-electron chi connectivity index (χ4n) is 3.21. The Kier molecular flexibility index (Phi) is 6.65. The summed E-state index contributed by atoms with van der Waals surface area (Å²) in [6.07, 6.45) is 7.01. The number of aryl methyl sites for hydroxylation is 1. The minimum Gasteiger partial charge on any atom is -0.322 e. The minimum absolute atomic E-state index is 0.214. The van der Waals surface area contributed by atoms with Crippen LogP contribution in [0, 0.1) is 0 Å². The van der Waals surface area contributed by atoms with E-state index in [0.29, 0.717) is 18.8 Å². The van der Waals surface area contributed by atoms with E-state index in [0.717, 1.165) is 31.2 Å². The molecule has 1 aliphatic rings. The average molecular weight is 399 g/mol. The van der Waals surface area contributed by atoms with Crippen LogP contribution >= 0.6 is 0 Å². The van der Waals surface area contributed by atoms with Crippen LogP contribution in [0.1, 0.15) is 37.3 Å². The van der Waals surface area contributed by atoms with Gasteiger partial charge in [-0.3, -0.25) is 4.79 Å². The predicted octanol–water partition coefficient (Wildman–Crippen LogP) is 4.08. The zero-order chi connectivity index (χ0) is 20.0. The number of piperidine rings is 1. The third-order valence-electron chi connectivity index (χ3n) is 4.87. The normalized spacial score (nSPS) is 15.6. The molecule has 1 heterocycles. The Morgan fingerprint density at radius 1 is 1.07 bits per heavy atom. The summed E-state index contributed by atoms with van der Waals surface area (Å²) < 4.78 is 27.1. The monoisotopic (exact) mass is 398 g/mol. The molecule has 0 aromatic heterocycles. The maximum absolute atomic E-state index is 12.8.